The molecular formula is C18H14Si. The van der Waals surface area contributed by atoms with Crippen molar-refractivity contribution in [3.8, 4) is 11.1 Å². The van der Waals surface area contributed by atoms with E-state index in [9.17, 15) is 0 Å². The van der Waals surface area contributed by atoms with Crippen LogP contribution in [0.4, 0.5) is 0 Å². The molecule has 2 aromatic rings. The fourth-order valence-electron chi connectivity index (χ4n) is 2.99. The Bertz CT molecular complexity index is 707. The van der Waals surface area contributed by atoms with Crippen molar-refractivity contribution in [1.29, 1.82) is 0 Å². The third kappa shape index (κ3) is 1.82. The highest BCUT2D eigenvalue weighted by atomic mass is 28.2. The van der Waals surface area contributed by atoms with Crippen LogP contribution in [0.3, 0.4) is 0 Å². The lowest BCUT2D eigenvalue weighted by atomic mass is 10.1. The summed E-state index contributed by atoms with van der Waals surface area (Å²) in [5, 5.41) is 3.09. The Balaban J connectivity index is 1.76. The van der Waals surface area contributed by atoms with E-state index in [1.807, 2.05) is 0 Å². The molecule has 19 heavy (non-hydrogen) atoms. The van der Waals surface area contributed by atoms with E-state index < -0.39 is 0 Å². The maximum atomic E-state index is 2.31. The van der Waals surface area contributed by atoms with Gasteiger partial charge in [0.25, 0.3) is 0 Å². The highest BCUT2D eigenvalue weighted by Crippen LogP contribution is 2.35. The SMILES string of the molecule is C1=CCC([Si]c2cccc3c2Cc2ccccc2-3)=C1. The lowest BCUT2D eigenvalue weighted by Crippen LogP contribution is -2.20. The van der Waals surface area contributed by atoms with Gasteiger partial charge in [-0.25, -0.2) is 0 Å². The summed E-state index contributed by atoms with van der Waals surface area (Å²) >= 11 is 0. The lowest BCUT2D eigenvalue weighted by molar-refractivity contribution is 1.28. The molecule has 0 bridgehead atoms. The van der Waals surface area contributed by atoms with Gasteiger partial charge in [-0.1, -0.05) is 71.1 Å². The molecule has 0 unspecified atom stereocenters. The molecule has 0 spiro atoms. The normalized spacial score (nSPS) is 15.3. The summed E-state index contributed by atoms with van der Waals surface area (Å²) in [5.41, 5.74) is 5.91. The molecular weight excluding hydrogens is 244 g/mol. The highest BCUT2D eigenvalue weighted by molar-refractivity contribution is 6.62. The zero-order valence-electron chi connectivity index (χ0n) is 10.7. The third-order valence-electron chi connectivity index (χ3n) is 3.92. The largest absolute Gasteiger partial charge is 0.116 e. The van der Waals surface area contributed by atoms with E-state index in [0.29, 0.717) is 0 Å². The average molecular weight is 258 g/mol. The molecule has 0 fully saturated rings. The van der Waals surface area contributed by atoms with Crippen molar-refractivity contribution in [2.75, 3.05) is 0 Å². The van der Waals surface area contributed by atoms with Gasteiger partial charge in [0.1, 0.15) is 9.52 Å². The molecule has 2 aliphatic rings. The molecule has 2 aliphatic carbocycles. The van der Waals surface area contributed by atoms with E-state index in [0.717, 1.165) is 22.4 Å². The zero-order valence-corrected chi connectivity index (χ0v) is 11.7. The van der Waals surface area contributed by atoms with Crippen molar-refractivity contribution in [1.82, 2.24) is 0 Å². The Morgan fingerprint density at radius 3 is 2.68 bits per heavy atom. The van der Waals surface area contributed by atoms with E-state index >= 15 is 0 Å². The van der Waals surface area contributed by atoms with Crippen LogP contribution in [0.2, 0.25) is 0 Å². The molecule has 1 heteroatoms. The van der Waals surface area contributed by atoms with Gasteiger partial charge in [0.2, 0.25) is 0 Å². The van der Waals surface area contributed by atoms with Gasteiger partial charge in [-0.05, 0) is 35.1 Å². The number of hydrogen-bond acceptors (Lipinski definition) is 0. The molecule has 0 nitrogen and oxygen atoms in total. The van der Waals surface area contributed by atoms with E-state index in [2.05, 4.69) is 60.7 Å². The van der Waals surface area contributed by atoms with Crippen LogP contribution >= 0.6 is 0 Å². The van der Waals surface area contributed by atoms with Gasteiger partial charge in [-0.3, -0.25) is 0 Å². The van der Waals surface area contributed by atoms with Crippen LogP contribution in [0, 0.1) is 0 Å². The standard InChI is InChI=1S/C18H14Si/c1-4-9-15-13(6-1)12-17-16(15)10-5-11-18(17)19-14-7-2-3-8-14/h1-7,9-11H,8,12H2. The van der Waals surface area contributed by atoms with Gasteiger partial charge >= 0.3 is 0 Å². The quantitative estimate of drug-likeness (QED) is 0.618. The minimum Gasteiger partial charge on any atom is -0.0809 e. The molecule has 0 aromatic heterocycles. The van der Waals surface area contributed by atoms with E-state index in [-0.39, 0.29) is 0 Å². The minimum absolute atomic E-state index is 0.827. The molecule has 0 N–H and O–H groups in total. The van der Waals surface area contributed by atoms with Crippen LogP contribution < -0.4 is 5.19 Å². The van der Waals surface area contributed by atoms with Crippen LogP contribution in [-0.4, -0.2) is 9.52 Å². The van der Waals surface area contributed by atoms with Crippen LogP contribution in [0.15, 0.2) is 65.9 Å². The second kappa shape index (κ2) is 4.36. The Morgan fingerprint density at radius 2 is 1.79 bits per heavy atom. The number of rotatable bonds is 2. The third-order valence-corrected chi connectivity index (χ3v) is 5.35. The van der Waals surface area contributed by atoms with Crippen molar-refractivity contribution in [3.63, 3.8) is 0 Å². The molecule has 4 rings (SSSR count). The van der Waals surface area contributed by atoms with Crippen molar-refractivity contribution >= 4 is 14.7 Å². The van der Waals surface area contributed by atoms with Gasteiger partial charge in [-0.15, -0.1) is 0 Å². The predicted molar refractivity (Wildman–Crippen MR) is 81.9 cm³/mol. The molecule has 0 saturated carbocycles. The van der Waals surface area contributed by atoms with E-state index in [4.69, 9.17) is 0 Å². The van der Waals surface area contributed by atoms with Crippen LogP contribution in [0.5, 0.6) is 0 Å². The Hall–Kier alpha value is -1.86. The number of fused-ring (bicyclic) bond motifs is 3. The van der Waals surface area contributed by atoms with Gasteiger partial charge < -0.3 is 0 Å². The Morgan fingerprint density at radius 1 is 0.895 bits per heavy atom. The predicted octanol–water partition coefficient (Wildman–Crippen LogP) is 3.43. The topological polar surface area (TPSA) is 0 Å². The van der Waals surface area contributed by atoms with Crippen molar-refractivity contribution in [2.45, 2.75) is 12.8 Å². The van der Waals surface area contributed by atoms with Gasteiger partial charge in [0, 0.05) is 0 Å². The smallest absolute Gasteiger partial charge is 0.0809 e. The molecule has 2 aromatic carbocycles. The second-order valence-electron chi connectivity index (χ2n) is 5.11. The summed E-state index contributed by atoms with van der Waals surface area (Å²) in [7, 11) is 0.827. The molecule has 0 aliphatic heterocycles. The zero-order chi connectivity index (χ0) is 12.7. The van der Waals surface area contributed by atoms with Crippen molar-refractivity contribution in [2.24, 2.45) is 0 Å². The molecule has 0 amide bonds. The summed E-state index contributed by atoms with van der Waals surface area (Å²) in [6.07, 6.45) is 8.95. The van der Waals surface area contributed by atoms with Gasteiger partial charge in [0.15, 0.2) is 0 Å². The average Bonchev–Trinajstić information content (AvgIpc) is 3.06. The molecule has 90 valence electrons. The maximum Gasteiger partial charge on any atom is 0.116 e. The van der Waals surface area contributed by atoms with Crippen LogP contribution in [0.25, 0.3) is 11.1 Å². The summed E-state index contributed by atoms with van der Waals surface area (Å²) in [6.45, 7) is 0. The number of benzene rings is 2. The first-order valence-electron chi connectivity index (χ1n) is 6.75. The first-order chi connectivity index (χ1) is 9.42. The fraction of sp³-hybridized carbons (Fsp3) is 0.111. The molecule has 2 radical (unpaired) electrons. The first kappa shape index (κ1) is 11.0. The molecule has 0 atom stereocenters. The Labute approximate surface area is 116 Å². The monoisotopic (exact) mass is 258 g/mol. The number of allylic oxidation sites excluding steroid dienone is 4. The van der Waals surface area contributed by atoms with Crippen molar-refractivity contribution < 1.29 is 0 Å². The molecule has 0 saturated heterocycles. The van der Waals surface area contributed by atoms with Crippen LogP contribution in [-0.2, 0) is 6.42 Å². The van der Waals surface area contributed by atoms with E-state index in [1.54, 1.807) is 10.8 Å². The lowest BCUT2D eigenvalue weighted by Gasteiger charge is -2.08. The highest BCUT2D eigenvalue weighted by Gasteiger charge is 2.20. The second-order valence-corrected chi connectivity index (χ2v) is 6.55. The fourth-order valence-corrected chi connectivity index (χ4v) is 4.29. The Kier molecular flexibility index (Phi) is 2.52. The van der Waals surface area contributed by atoms with E-state index in [1.165, 1.54) is 21.9 Å². The summed E-state index contributed by atoms with van der Waals surface area (Å²) in [5.74, 6) is 0. The van der Waals surface area contributed by atoms with Crippen LogP contribution in [0.1, 0.15) is 17.5 Å². The van der Waals surface area contributed by atoms with Crippen molar-refractivity contribution in [3.05, 3.63) is 77.0 Å². The van der Waals surface area contributed by atoms with Gasteiger partial charge in [0.05, 0.1) is 0 Å². The number of hydrogen-bond donors (Lipinski definition) is 0. The molecule has 0 heterocycles. The van der Waals surface area contributed by atoms with Gasteiger partial charge in [-0.2, -0.15) is 0 Å². The first-order valence-corrected chi connectivity index (χ1v) is 7.75. The minimum atomic E-state index is 0.827. The summed E-state index contributed by atoms with van der Waals surface area (Å²) in [4.78, 5) is 0. The maximum absolute atomic E-state index is 2.31. The summed E-state index contributed by atoms with van der Waals surface area (Å²) in [6, 6.07) is 15.6. The summed E-state index contributed by atoms with van der Waals surface area (Å²) < 4.78 is 0.